The molecule has 0 radical (unpaired) electrons. The van der Waals surface area contributed by atoms with Gasteiger partial charge in [-0.05, 0) is 37.8 Å². The van der Waals surface area contributed by atoms with Crippen molar-refractivity contribution < 1.29 is 8.42 Å². The van der Waals surface area contributed by atoms with E-state index in [1.807, 2.05) is 0 Å². The number of aromatic nitrogens is 2. The molecule has 1 aromatic heterocycles. The van der Waals surface area contributed by atoms with Gasteiger partial charge in [-0.25, -0.2) is 13.1 Å². The molecule has 26 heavy (non-hydrogen) atoms. The molecule has 1 aliphatic heterocycles. The Morgan fingerprint density at radius 1 is 1.00 bits per heavy atom. The van der Waals surface area contributed by atoms with E-state index in [0.29, 0.717) is 36.6 Å². The number of halogens is 3. The molecule has 2 aliphatic rings. The minimum absolute atomic E-state index is 0.170. The fraction of sp³-hybridized carbons (Fsp3) is 0.438. The summed E-state index contributed by atoms with van der Waals surface area (Å²) in [6.45, 7) is 1.24. The average molecular weight is 437 g/mol. The van der Waals surface area contributed by atoms with Crippen LogP contribution < -0.4 is 10.3 Å². The maximum atomic E-state index is 12.8. The first-order chi connectivity index (χ1) is 12.3. The van der Waals surface area contributed by atoms with Crippen molar-refractivity contribution in [1.29, 1.82) is 0 Å². The number of rotatable bonds is 4. The van der Waals surface area contributed by atoms with Crippen LogP contribution in [0.5, 0.6) is 0 Å². The van der Waals surface area contributed by atoms with Crippen LogP contribution in [-0.2, 0) is 23.1 Å². The second kappa shape index (κ2) is 6.48. The van der Waals surface area contributed by atoms with Gasteiger partial charge in [0.25, 0.3) is 5.56 Å². The van der Waals surface area contributed by atoms with Crippen molar-refractivity contribution in [3.05, 3.63) is 37.7 Å². The second-order valence-corrected chi connectivity index (χ2v) is 9.72. The SMILES string of the molecule is O=c1c(-c2cc(NS(=O)(=O)C3CC3)c(Cl)cc2Cl)c(Cl)n2n1CCCC2. The van der Waals surface area contributed by atoms with Gasteiger partial charge >= 0.3 is 0 Å². The van der Waals surface area contributed by atoms with Gasteiger partial charge in [0.1, 0.15) is 5.15 Å². The Hall–Kier alpha value is -1.15. The third-order valence-electron chi connectivity index (χ3n) is 4.70. The van der Waals surface area contributed by atoms with Crippen molar-refractivity contribution >= 4 is 50.5 Å². The summed E-state index contributed by atoms with van der Waals surface area (Å²) in [5, 5.41) is 0.318. The van der Waals surface area contributed by atoms with Gasteiger partial charge in [0.15, 0.2) is 0 Å². The molecule has 1 aromatic carbocycles. The molecule has 6 nitrogen and oxygen atoms in total. The van der Waals surface area contributed by atoms with Crippen LogP contribution in [0.15, 0.2) is 16.9 Å². The summed E-state index contributed by atoms with van der Waals surface area (Å²) in [7, 11) is -3.50. The minimum Gasteiger partial charge on any atom is -0.282 e. The van der Waals surface area contributed by atoms with Gasteiger partial charge in [-0.15, -0.1) is 0 Å². The fourth-order valence-electron chi connectivity index (χ4n) is 3.19. The summed E-state index contributed by atoms with van der Waals surface area (Å²) in [4.78, 5) is 12.8. The van der Waals surface area contributed by atoms with Gasteiger partial charge in [0, 0.05) is 18.7 Å². The summed E-state index contributed by atoms with van der Waals surface area (Å²) in [5.74, 6) is 0. The lowest BCUT2D eigenvalue weighted by Crippen LogP contribution is -2.27. The zero-order valence-electron chi connectivity index (χ0n) is 13.6. The van der Waals surface area contributed by atoms with Crippen LogP contribution in [0.2, 0.25) is 15.2 Å². The third-order valence-corrected chi connectivity index (χ3v) is 7.57. The van der Waals surface area contributed by atoms with E-state index in [1.54, 1.807) is 9.36 Å². The fourth-order valence-corrected chi connectivity index (χ4v) is 5.52. The Kier molecular flexibility index (Phi) is 4.54. The first-order valence-electron chi connectivity index (χ1n) is 8.30. The Morgan fingerprint density at radius 3 is 2.27 bits per heavy atom. The van der Waals surface area contributed by atoms with Gasteiger partial charge in [0.2, 0.25) is 10.0 Å². The van der Waals surface area contributed by atoms with E-state index in [2.05, 4.69) is 4.72 Å². The number of hydrogen-bond acceptors (Lipinski definition) is 3. The van der Waals surface area contributed by atoms with Crippen LogP contribution in [0.3, 0.4) is 0 Å². The van der Waals surface area contributed by atoms with E-state index in [-0.39, 0.29) is 26.9 Å². The number of sulfonamides is 1. The third kappa shape index (κ3) is 3.05. The summed E-state index contributed by atoms with van der Waals surface area (Å²) >= 11 is 18.9. The van der Waals surface area contributed by atoms with Crippen LogP contribution in [-0.4, -0.2) is 23.0 Å². The Bertz CT molecular complexity index is 1050. The predicted octanol–water partition coefficient (Wildman–Crippen LogP) is 3.97. The molecular formula is C16H16Cl3N3O3S. The molecule has 140 valence electrons. The quantitative estimate of drug-likeness (QED) is 0.788. The standard InChI is InChI=1S/C16H16Cl3N3O3S/c17-11-8-12(18)13(20-26(24,25)9-3-4-9)7-10(11)14-15(19)21-5-1-2-6-22(21)16(14)23/h7-9,20H,1-6H2. The molecule has 1 saturated carbocycles. The van der Waals surface area contributed by atoms with Crippen LogP contribution in [0, 0.1) is 0 Å². The lowest BCUT2D eigenvalue weighted by Gasteiger charge is -2.17. The predicted molar refractivity (Wildman–Crippen MR) is 104 cm³/mol. The highest BCUT2D eigenvalue weighted by Gasteiger charge is 2.36. The lowest BCUT2D eigenvalue weighted by molar-refractivity contribution is 0.356. The van der Waals surface area contributed by atoms with Gasteiger partial charge in [0.05, 0.1) is 26.5 Å². The maximum absolute atomic E-state index is 12.8. The smallest absolute Gasteiger partial charge is 0.276 e. The van der Waals surface area contributed by atoms with Crippen molar-refractivity contribution in [1.82, 2.24) is 9.36 Å². The molecule has 4 rings (SSSR count). The minimum atomic E-state index is -3.50. The van der Waals surface area contributed by atoms with Crippen molar-refractivity contribution in [2.45, 2.75) is 44.0 Å². The summed E-state index contributed by atoms with van der Waals surface area (Å²) < 4.78 is 30.3. The van der Waals surface area contributed by atoms with Crippen molar-refractivity contribution in [3.63, 3.8) is 0 Å². The molecule has 0 spiro atoms. The van der Waals surface area contributed by atoms with Crippen LogP contribution in [0.4, 0.5) is 5.69 Å². The number of nitrogens with one attached hydrogen (secondary N) is 1. The molecule has 0 atom stereocenters. The van der Waals surface area contributed by atoms with Crippen LogP contribution in [0.25, 0.3) is 11.1 Å². The molecule has 10 heteroatoms. The largest absolute Gasteiger partial charge is 0.282 e. The average Bonchev–Trinajstić information content (AvgIpc) is 3.41. The number of hydrogen-bond donors (Lipinski definition) is 1. The van der Waals surface area contributed by atoms with E-state index in [1.165, 1.54) is 12.1 Å². The Labute approximate surface area is 165 Å². The van der Waals surface area contributed by atoms with Crippen LogP contribution >= 0.6 is 34.8 Å². The highest BCUT2D eigenvalue weighted by atomic mass is 35.5. The highest BCUT2D eigenvalue weighted by Crippen LogP contribution is 2.39. The van der Waals surface area contributed by atoms with E-state index < -0.39 is 15.3 Å². The van der Waals surface area contributed by atoms with Crippen LogP contribution in [0.1, 0.15) is 25.7 Å². The second-order valence-electron chi connectivity index (χ2n) is 6.58. The molecular weight excluding hydrogens is 421 g/mol. The van der Waals surface area contributed by atoms with Crippen molar-refractivity contribution in [3.8, 4) is 11.1 Å². The maximum Gasteiger partial charge on any atom is 0.276 e. The zero-order chi connectivity index (χ0) is 18.6. The molecule has 2 aromatic rings. The van der Waals surface area contributed by atoms with Crippen molar-refractivity contribution in [2.75, 3.05) is 4.72 Å². The molecule has 1 fully saturated rings. The van der Waals surface area contributed by atoms with Gasteiger partial charge < -0.3 is 0 Å². The van der Waals surface area contributed by atoms with E-state index in [0.717, 1.165) is 12.8 Å². The first kappa shape index (κ1) is 18.2. The van der Waals surface area contributed by atoms with E-state index in [4.69, 9.17) is 34.8 Å². The zero-order valence-corrected chi connectivity index (χ0v) is 16.7. The van der Waals surface area contributed by atoms with Gasteiger partial charge in [-0.3, -0.25) is 14.2 Å². The Balaban J connectivity index is 1.84. The summed E-state index contributed by atoms with van der Waals surface area (Å²) in [5.41, 5.74) is 0.591. The molecule has 0 unspecified atom stereocenters. The summed E-state index contributed by atoms with van der Waals surface area (Å²) in [6.07, 6.45) is 3.11. The highest BCUT2D eigenvalue weighted by molar-refractivity contribution is 7.93. The molecule has 1 aliphatic carbocycles. The number of anilines is 1. The number of nitrogens with zero attached hydrogens (tertiary/aromatic N) is 2. The topological polar surface area (TPSA) is 73.1 Å². The first-order valence-corrected chi connectivity index (χ1v) is 11.0. The number of benzene rings is 1. The van der Waals surface area contributed by atoms with Crippen molar-refractivity contribution in [2.24, 2.45) is 0 Å². The lowest BCUT2D eigenvalue weighted by atomic mass is 10.1. The van der Waals surface area contributed by atoms with Gasteiger partial charge in [-0.1, -0.05) is 34.8 Å². The molecule has 1 N–H and O–H groups in total. The Morgan fingerprint density at radius 2 is 1.65 bits per heavy atom. The normalized spacial score (nSPS) is 17.2. The van der Waals surface area contributed by atoms with Gasteiger partial charge in [-0.2, -0.15) is 0 Å². The molecule has 2 heterocycles. The molecule has 0 amide bonds. The summed E-state index contributed by atoms with van der Waals surface area (Å²) in [6, 6.07) is 2.92. The van der Waals surface area contributed by atoms with E-state index >= 15 is 0 Å². The molecule has 0 saturated heterocycles. The number of fused-ring (bicyclic) bond motifs is 1. The monoisotopic (exact) mass is 435 g/mol. The van der Waals surface area contributed by atoms with E-state index in [9.17, 15) is 13.2 Å². The molecule has 0 bridgehead atoms.